The first-order valence-electron chi connectivity index (χ1n) is 9.11. The number of hydrogen-bond acceptors (Lipinski definition) is 6. The van der Waals surface area contributed by atoms with Crippen molar-refractivity contribution in [2.75, 3.05) is 32.1 Å². The Hall–Kier alpha value is -1.90. The van der Waals surface area contributed by atoms with Gasteiger partial charge in [0.05, 0.1) is 12.0 Å². The molecule has 1 aliphatic carbocycles. The molecule has 0 atom stereocenters. The maximum Gasteiger partial charge on any atom is 0.243 e. The van der Waals surface area contributed by atoms with Gasteiger partial charge in [-0.15, -0.1) is 0 Å². The van der Waals surface area contributed by atoms with E-state index in [0.29, 0.717) is 40.7 Å². The van der Waals surface area contributed by atoms with Crippen molar-refractivity contribution in [1.29, 1.82) is 0 Å². The first-order valence-corrected chi connectivity index (χ1v) is 10.9. The van der Waals surface area contributed by atoms with Gasteiger partial charge in [-0.1, -0.05) is 0 Å². The van der Waals surface area contributed by atoms with E-state index in [4.69, 9.17) is 16.3 Å². The van der Waals surface area contributed by atoms with E-state index in [1.807, 2.05) is 25.8 Å². The van der Waals surface area contributed by atoms with Crippen molar-refractivity contribution in [3.63, 3.8) is 0 Å². The Bertz CT molecular complexity index is 940. The third-order valence-electron chi connectivity index (χ3n) is 4.85. The molecule has 1 saturated carbocycles. The van der Waals surface area contributed by atoms with Crippen LogP contribution in [0, 0.1) is 13.8 Å². The summed E-state index contributed by atoms with van der Waals surface area (Å²) in [4.78, 5) is 10.3. The maximum atomic E-state index is 13.5. The second-order valence-corrected chi connectivity index (χ2v) is 9.21. The number of nitrogens with zero attached hydrogens (tertiary/aromatic N) is 4. The zero-order chi connectivity index (χ0) is 20.5. The van der Waals surface area contributed by atoms with Crippen LogP contribution in [0.25, 0.3) is 0 Å². The molecule has 1 aromatic carbocycles. The Morgan fingerprint density at radius 1 is 1.21 bits per heavy atom. The fourth-order valence-corrected chi connectivity index (χ4v) is 5.55. The number of benzene rings is 1. The number of rotatable bonds is 8. The van der Waals surface area contributed by atoms with Crippen molar-refractivity contribution < 1.29 is 13.2 Å². The van der Waals surface area contributed by atoms with E-state index in [1.165, 1.54) is 0 Å². The van der Waals surface area contributed by atoms with Gasteiger partial charge in [0.1, 0.15) is 11.6 Å². The third kappa shape index (κ3) is 4.39. The Labute approximate surface area is 171 Å². The lowest BCUT2D eigenvalue weighted by molar-refractivity contribution is 0.406. The zero-order valence-electron chi connectivity index (χ0n) is 16.5. The van der Waals surface area contributed by atoms with Gasteiger partial charge in [-0.25, -0.2) is 18.4 Å². The zero-order valence-corrected chi connectivity index (χ0v) is 18.1. The summed E-state index contributed by atoms with van der Waals surface area (Å²) in [5, 5.41) is 0.167. The summed E-state index contributed by atoms with van der Waals surface area (Å²) >= 11 is 5.86. The topological polar surface area (TPSA) is 75.6 Å². The van der Waals surface area contributed by atoms with Crippen molar-refractivity contribution in [2.45, 2.75) is 37.6 Å². The smallest absolute Gasteiger partial charge is 0.243 e. The number of anilines is 1. The monoisotopic (exact) mass is 424 g/mol. The summed E-state index contributed by atoms with van der Waals surface area (Å²) in [6.07, 6.45) is 3.35. The molecule has 9 heteroatoms. The summed E-state index contributed by atoms with van der Waals surface area (Å²) in [7, 11) is -0.179. The number of ether oxygens (including phenoxy) is 1. The van der Waals surface area contributed by atoms with Gasteiger partial charge in [0, 0.05) is 32.4 Å². The normalized spacial score (nSPS) is 14.4. The van der Waals surface area contributed by atoms with Crippen LogP contribution in [0.5, 0.6) is 5.75 Å². The van der Waals surface area contributed by atoms with Crippen LogP contribution in [-0.4, -0.2) is 56.0 Å². The van der Waals surface area contributed by atoms with E-state index in [0.717, 1.165) is 12.8 Å². The van der Waals surface area contributed by atoms with Gasteiger partial charge in [-0.3, -0.25) is 0 Å². The van der Waals surface area contributed by atoms with Crippen LogP contribution in [0.15, 0.2) is 29.3 Å². The molecular weight excluding hydrogens is 400 g/mol. The molecule has 0 radical (unpaired) electrons. The van der Waals surface area contributed by atoms with E-state index >= 15 is 0 Å². The van der Waals surface area contributed by atoms with E-state index in [2.05, 4.69) is 9.97 Å². The van der Waals surface area contributed by atoms with Crippen molar-refractivity contribution >= 4 is 27.4 Å². The maximum absolute atomic E-state index is 13.5. The highest BCUT2D eigenvalue weighted by Gasteiger charge is 2.39. The molecule has 0 aliphatic heterocycles. The molecular formula is C19H25ClN4O3S. The Morgan fingerprint density at radius 2 is 1.86 bits per heavy atom. The molecule has 152 valence electrons. The quantitative estimate of drug-likeness (QED) is 0.606. The molecule has 0 bridgehead atoms. The number of aryl methyl sites for hydroxylation is 2. The minimum atomic E-state index is -3.62. The molecule has 1 aliphatic rings. The number of hydrogen-bond donors (Lipinski definition) is 0. The van der Waals surface area contributed by atoms with E-state index in [9.17, 15) is 8.42 Å². The molecule has 0 N–H and O–H groups in total. The average molecular weight is 425 g/mol. The molecule has 28 heavy (non-hydrogen) atoms. The van der Waals surface area contributed by atoms with E-state index in [-0.39, 0.29) is 11.3 Å². The molecule has 2 aromatic rings. The van der Waals surface area contributed by atoms with Gasteiger partial charge in [-0.2, -0.15) is 4.31 Å². The number of likely N-dealkylation sites (N-methyl/N-ethyl adjacent to an activating group) is 1. The predicted molar refractivity (Wildman–Crippen MR) is 110 cm³/mol. The third-order valence-corrected chi connectivity index (χ3v) is 7.29. The SMILES string of the molecule is COc1cc(C)c(S(=O)(=O)N(CCN(C)c2ccnc(Cl)n2)C2CC2)c(C)c1. The number of methoxy groups -OCH3 is 1. The standard InChI is InChI=1S/C19H25ClN4O3S/c1-13-11-16(27-4)12-14(2)18(13)28(25,26)24(15-5-6-15)10-9-23(3)17-7-8-21-19(20)22-17/h7-8,11-12,15H,5-6,9-10H2,1-4H3. The average Bonchev–Trinajstić information content (AvgIpc) is 3.45. The van der Waals surface area contributed by atoms with Crippen molar-refractivity contribution in [3.05, 3.63) is 40.8 Å². The van der Waals surface area contributed by atoms with Gasteiger partial charge in [0.2, 0.25) is 15.3 Å². The van der Waals surface area contributed by atoms with Gasteiger partial charge in [0.25, 0.3) is 0 Å². The summed E-state index contributed by atoms with van der Waals surface area (Å²) < 4.78 is 33.8. The Morgan fingerprint density at radius 3 is 2.39 bits per heavy atom. The predicted octanol–water partition coefficient (Wildman–Crippen LogP) is 3.04. The molecule has 1 aromatic heterocycles. The summed E-state index contributed by atoms with van der Waals surface area (Å²) in [5.41, 5.74) is 1.39. The van der Waals surface area contributed by atoms with Gasteiger partial charge >= 0.3 is 0 Å². The van der Waals surface area contributed by atoms with Crippen molar-refractivity contribution in [3.8, 4) is 5.75 Å². The first kappa shape index (κ1) is 20.8. The summed E-state index contributed by atoms with van der Waals surface area (Å²) in [5.74, 6) is 1.32. The van der Waals surface area contributed by atoms with Crippen LogP contribution in [0.1, 0.15) is 24.0 Å². The molecule has 3 rings (SSSR count). The van der Waals surface area contributed by atoms with E-state index < -0.39 is 10.0 Å². The molecule has 7 nitrogen and oxygen atoms in total. The molecule has 0 saturated heterocycles. The highest BCUT2D eigenvalue weighted by molar-refractivity contribution is 7.89. The van der Waals surface area contributed by atoms with Gasteiger partial charge < -0.3 is 9.64 Å². The van der Waals surface area contributed by atoms with Crippen LogP contribution < -0.4 is 9.64 Å². The molecule has 0 amide bonds. The number of sulfonamides is 1. The van der Waals surface area contributed by atoms with Crippen LogP contribution >= 0.6 is 11.6 Å². The fraction of sp³-hybridized carbons (Fsp3) is 0.474. The molecule has 1 fully saturated rings. The Balaban J connectivity index is 1.84. The first-order chi connectivity index (χ1) is 13.2. The second kappa shape index (κ2) is 8.23. The molecule has 0 unspecified atom stereocenters. The Kier molecular flexibility index (Phi) is 6.12. The number of halogens is 1. The largest absolute Gasteiger partial charge is 0.497 e. The number of aromatic nitrogens is 2. The lowest BCUT2D eigenvalue weighted by Crippen LogP contribution is -2.39. The highest BCUT2D eigenvalue weighted by Crippen LogP contribution is 2.35. The molecule has 1 heterocycles. The van der Waals surface area contributed by atoms with Crippen molar-refractivity contribution in [2.24, 2.45) is 0 Å². The highest BCUT2D eigenvalue weighted by atomic mass is 35.5. The van der Waals surface area contributed by atoms with Crippen LogP contribution in [-0.2, 0) is 10.0 Å². The van der Waals surface area contributed by atoms with Crippen LogP contribution in [0.4, 0.5) is 5.82 Å². The lowest BCUT2D eigenvalue weighted by atomic mass is 10.1. The van der Waals surface area contributed by atoms with Crippen LogP contribution in [0.2, 0.25) is 5.28 Å². The van der Waals surface area contributed by atoms with Gasteiger partial charge in [-0.05, 0) is 67.6 Å². The second-order valence-electron chi connectivity index (χ2n) is 7.04. The minimum Gasteiger partial charge on any atom is -0.497 e. The summed E-state index contributed by atoms with van der Waals surface area (Å²) in [6, 6.07) is 5.33. The minimum absolute atomic E-state index is 0.0493. The van der Waals surface area contributed by atoms with Crippen LogP contribution in [0.3, 0.4) is 0 Å². The van der Waals surface area contributed by atoms with Gasteiger partial charge in [0.15, 0.2) is 0 Å². The van der Waals surface area contributed by atoms with E-state index in [1.54, 1.807) is 35.8 Å². The summed E-state index contributed by atoms with van der Waals surface area (Å²) in [6.45, 7) is 4.48. The van der Waals surface area contributed by atoms with Crippen molar-refractivity contribution in [1.82, 2.24) is 14.3 Å². The molecule has 0 spiro atoms. The fourth-order valence-electron chi connectivity index (χ4n) is 3.32. The lowest BCUT2D eigenvalue weighted by Gasteiger charge is -2.27.